The van der Waals surface area contributed by atoms with Crippen molar-refractivity contribution in [3.63, 3.8) is 0 Å². The van der Waals surface area contributed by atoms with E-state index in [2.05, 4.69) is 11.9 Å². The summed E-state index contributed by atoms with van der Waals surface area (Å²) >= 11 is 0. The van der Waals surface area contributed by atoms with E-state index in [-0.39, 0.29) is 43.8 Å². The molecule has 0 radical (unpaired) electrons. The van der Waals surface area contributed by atoms with E-state index in [4.69, 9.17) is 10.2 Å². The van der Waals surface area contributed by atoms with Crippen LogP contribution in [0.1, 0.15) is 53.8 Å². The maximum atomic E-state index is 10.1. The number of carboxylic acid groups (broad SMARTS) is 2. The van der Waals surface area contributed by atoms with Crippen molar-refractivity contribution in [3.8, 4) is 0 Å². The number of nitrogens with zero attached hydrogens (tertiary/aromatic N) is 1. The van der Waals surface area contributed by atoms with Gasteiger partial charge in [-0.2, -0.15) is 0 Å². The first-order valence-corrected chi connectivity index (χ1v) is 6.14. The number of carboxylic acids is 2. The monoisotopic (exact) mass is 281 g/mol. The third-order valence-corrected chi connectivity index (χ3v) is 1.84. The van der Waals surface area contributed by atoms with E-state index < -0.39 is 11.9 Å². The summed E-state index contributed by atoms with van der Waals surface area (Å²) in [5, 5.41) is 16.0. The second kappa shape index (κ2) is 19.7. The van der Waals surface area contributed by atoms with Crippen LogP contribution in [-0.2, 0) is 9.59 Å². The van der Waals surface area contributed by atoms with Gasteiger partial charge in [-0.25, -0.2) is 0 Å². The molecule has 0 saturated heterocycles. The van der Waals surface area contributed by atoms with Crippen LogP contribution in [0.2, 0.25) is 0 Å². The fourth-order valence-corrected chi connectivity index (χ4v) is 0.839. The molecule has 6 heteroatoms. The molecule has 0 aromatic heterocycles. The molecule has 0 aliphatic rings. The number of aliphatic carboxylic acids is 2. The van der Waals surface area contributed by atoms with Gasteiger partial charge in [0.15, 0.2) is 0 Å². The fourth-order valence-electron chi connectivity index (χ4n) is 0.839. The van der Waals surface area contributed by atoms with Crippen LogP contribution in [0, 0.1) is 0 Å². The normalized spacial score (nSPS) is 9.79. The minimum absolute atomic E-state index is 0. The van der Waals surface area contributed by atoms with Gasteiger partial charge in [-0.3, -0.25) is 14.6 Å². The van der Waals surface area contributed by atoms with Crippen molar-refractivity contribution >= 4 is 18.2 Å². The van der Waals surface area contributed by atoms with Crippen molar-refractivity contribution in [3.05, 3.63) is 12.3 Å². The molecule has 0 unspecified atom stereocenters. The molecule has 2 N–H and O–H groups in total. The van der Waals surface area contributed by atoms with Crippen LogP contribution in [0.15, 0.2) is 17.3 Å². The second-order valence-electron chi connectivity index (χ2n) is 3.56. The Bertz CT molecular complexity index is 284. The van der Waals surface area contributed by atoms with Gasteiger partial charge < -0.3 is 11.6 Å². The van der Waals surface area contributed by atoms with Gasteiger partial charge in [0.1, 0.15) is 0 Å². The van der Waals surface area contributed by atoms with E-state index in [1.807, 2.05) is 6.08 Å². The number of allylic oxidation sites excluding steroid dienone is 1. The molecule has 0 saturated carbocycles. The Morgan fingerprint density at radius 3 is 2.16 bits per heavy atom. The molecule has 0 rings (SSSR count). The predicted molar refractivity (Wildman–Crippen MR) is 73.1 cm³/mol. The van der Waals surface area contributed by atoms with Crippen LogP contribution in [0.25, 0.3) is 0 Å². The SMILES string of the molecule is CCC(=O)O.CCCCCC=CN=CCC(=O)O.[H-].[Na+]. The summed E-state index contributed by atoms with van der Waals surface area (Å²) in [4.78, 5) is 23.2. The summed E-state index contributed by atoms with van der Waals surface area (Å²) in [6.45, 7) is 3.76. The molecule has 0 atom stereocenters. The molecule has 5 nitrogen and oxygen atoms in total. The van der Waals surface area contributed by atoms with E-state index in [0.29, 0.717) is 0 Å². The number of unbranched alkanes of at least 4 members (excludes halogenated alkanes) is 3. The Morgan fingerprint density at radius 1 is 1.16 bits per heavy atom. The van der Waals surface area contributed by atoms with Crippen molar-refractivity contribution in [2.45, 2.75) is 52.4 Å². The van der Waals surface area contributed by atoms with Crippen LogP contribution >= 0.6 is 0 Å². The topological polar surface area (TPSA) is 87.0 Å². The Labute approximate surface area is 138 Å². The first kappa shape index (κ1) is 23.4. The number of rotatable bonds is 8. The molecule has 19 heavy (non-hydrogen) atoms. The van der Waals surface area contributed by atoms with Crippen molar-refractivity contribution in [1.29, 1.82) is 0 Å². The number of hydrogen-bond acceptors (Lipinski definition) is 3. The quantitative estimate of drug-likeness (QED) is 0.378. The summed E-state index contributed by atoms with van der Waals surface area (Å²) < 4.78 is 0. The average molecular weight is 281 g/mol. The molecule has 0 aromatic carbocycles. The Kier molecular flexibility index (Phi) is 24.3. The Hall–Kier alpha value is -0.650. The second-order valence-corrected chi connectivity index (χ2v) is 3.56. The standard InChI is InChI=1S/C10H17NO2.C3H6O2.Na.H/c1-2-3-4-5-6-8-11-9-7-10(12)13;1-2-3(4)5;;/h6,8-9H,2-5,7H2,1H3,(H,12,13);2H2,1H3,(H,4,5);;/q;;+1;-1. The van der Waals surface area contributed by atoms with Gasteiger partial charge in [0, 0.05) is 18.8 Å². The molecule has 0 aliphatic carbocycles. The third-order valence-electron chi connectivity index (χ3n) is 1.84. The van der Waals surface area contributed by atoms with E-state index in [1.165, 1.54) is 25.5 Å². The molecular weight excluding hydrogens is 257 g/mol. The maximum Gasteiger partial charge on any atom is 1.00 e. The molecule has 0 aromatic rings. The van der Waals surface area contributed by atoms with Gasteiger partial charge in [-0.05, 0) is 12.8 Å². The molecule has 0 heterocycles. The van der Waals surface area contributed by atoms with E-state index in [9.17, 15) is 9.59 Å². The summed E-state index contributed by atoms with van der Waals surface area (Å²) in [5.41, 5.74) is 0. The van der Waals surface area contributed by atoms with E-state index >= 15 is 0 Å². The van der Waals surface area contributed by atoms with Gasteiger partial charge in [0.2, 0.25) is 0 Å². The molecule has 0 aliphatic heterocycles. The predicted octanol–water partition coefficient (Wildman–Crippen LogP) is 0.223. The van der Waals surface area contributed by atoms with Gasteiger partial charge in [-0.15, -0.1) is 0 Å². The van der Waals surface area contributed by atoms with Crippen LogP contribution in [0.5, 0.6) is 0 Å². The third kappa shape index (κ3) is 31.7. The molecule has 0 spiro atoms. The first-order valence-electron chi connectivity index (χ1n) is 6.14. The zero-order chi connectivity index (χ0) is 14.2. The summed E-state index contributed by atoms with van der Waals surface area (Å²) in [6, 6.07) is 0. The van der Waals surface area contributed by atoms with Gasteiger partial charge in [-0.1, -0.05) is 32.8 Å². The van der Waals surface area contributed by atoms with Gasteiger partial charge in [0.05, 0.1) is 6.42 Å². The minimum Gasteiger partial charge on any atom is -1.00 e. The summed E-state index contributed by atoms with van der Waals surface area (Å²) in [7, 11) is 0. The number of hydrogen-bond donors (Lipinski definition) is 2. The zero-order valence-electron chi connectivity index (χ0n) is 13.1. The summed E-state index contributed by atoms with van der Waals surface area (Å²) in [5.74, 6) is -1.59. The van der Waals surface area contributed by atoms with Crippen LogP contribution in [0.4, 0.5) is 0 Å². The molecule has 0 amide bonds. The van der Waals surface area contributed by atoms with E-state index in [1.54, 1.807) is 13.1 Å². The van der Waals surface area contributed by atoms with E-state index in [0.717, 1.165) is 6.42 Å². The molecule has 106 valence electrons. The van der Waals surface area contributed by atoms with Gasteiger partial charge >= 0.3 is 41.5 Å². The Balaban J connectivity index is -0.000000158. The van der Waals surface area contributed by atoms with Crippen molar-refractivity contribution in [2.24, 2.45) is 4.99 Å². The number of carbonyl (C=O) groups is 2. The Morgan fingerprint density at radius 2 is 1.74 bits per heavy atom. The van der Waals surface area contributed by atoms with Crippen molar-refractivity contribution in [2.75, 3.05) is 0 Å². The van der Waals surface area contributed by atoms with Crippen molar-refractivity contribution < 1.29 is 50.8 Å². The molecule has 0 bridgehead atoms. The van der Waals surface area contributed by atoms with Crippen LogP contribution in [-0.4, -0.2) is 28.4 Å². The maximum absolute atomic E-state index is 10.1. The fraction of sp³-hybridized carbons (Fsp3) is 0.615. The van der Waals surface area contributed by atoms with Crippen molar-refractivity contribution in [1.82, 2.24) is 0 Å². The zero-order valence-corrected chi connectivity index (χ0v) is 14.1. The number of aliphatic imine (C=N–C) groups is 1. The van der Waals surface area contributed by atoms with Gasteiger partial charge in [0.25, 0.3) is 0 Å². The summed E-state index contributed by atoms with van der Waals surface area (Å²) in [6.07, 6.45) is 9.92. The first-order chi connectivity index (χ1) is 8.54. The average Bonchev–Trinajstić information content (AvgIpc) is 2.33. The van der Waals surface area contributed by atoms with Crippen LogP contribution < -0.4 is 29.6 Å². The smallest absolute Gasteiger partial charge is 1.00 e. The van der Waals surface area contributed by atoms with Crippen LogP contribution in [0.3, 0.4) is 0 Å². The molecular formula is C13H24NNaO4. The molecule has 0 fully saturated rings. The largest absolute Gasteiger partial charge is 1.00 e. The minimum atomic E-state index is -0.844.